The molecule has 0 aliphatic carbocycles. The smallest absolute Gasteiger partial charge is 0.274 e. The van der Waals surface area contributed by atoms with Crippen molar-refractivity contribution in [3.8, 4) is 0 Å². The molecule has 23 heavy (non-hydrogen) atoms. The lowest BCUT2D eigenvalue weighted by molar-refractivity contribution is 0.0946. The van der Waals surface area contributed by atoms with Crippen molar-refractivity contribution in [1.29, 1.82) is 0 Å². The SMILES string of the molecule is CCn1nc(C(=O)NCc2ccc(Br)s2)c2ccccc2c1=O. The van der Waals surface area contributed by atoms with E-state index in [-0.39, 0.29) is 17.2 Å². The van der Waals surface area contributed by atoms with Gasteiger partial charge in [-0.15, -0.1) is 11.3 Å². The van der Waals surface area contributed by atoms with Crippen LogP contribution in [0.15, 0.2) is 45.0 Å². The number of carbonyl (C=O) groups excluding carboxylic acids is 1. The second kappa shape index (κ2) is 6.64. The van der Waals surface area contributed by atoms with E-state index in [2.05, 4.69) is 26.3 Å². The van der Waals surface area contributed by atoms with Gasteiger partial charge >= 0.3 is 0 Å². The number of carbonyl (C=O) groups is 1. The quantitative estimate of drug-likeness (QED) is 0.742. The van der Waals surface area contributed by atoms with Crippen LogP contribution in [0.5, 0.6) is 0 Å². The summed E-state index contributed by atoms with van der Waals surface area (Å²) >= 11 is 4.96. The van der Waals surface area contributed by atoms with Gasteiger partial charge < -0.3 is 5.32 Å². The Bertz CT molecular complexity index is 932. The lowest BCUT2D eigenvalue weighted by Crippen LogP contribution is -2.30. The maximum absolute atomic E-state index is 12.5. The molecule has 1 N–H and O–H groups in total. The third kappa shape index (κ3) is 3.20. The van der Waals surface area contributed by atoms with Crippen LogP contribution in [-0.2, 0) is 13.1 Å². The number of amides is 1. The van der Waals surface area contributed by atoms with Crippen LogP contribution in [-0.4, -0.2) is 15.7 Å². The molecule has 2 heterocycles. The maximum atomic E-state index is 12.5. The number of aromatic nitrogens is 2. The predicted octanol–water partition coefficient (Wildman–Crippen LogP) is 3.17. The molecule has 1 amide bonds. The second-order valence-corrected chi connectivity index (χ2v) is 7.45. The van der Waals surface area contributed by atoms with Crippen molar-refractivity contribution < 1.29 is 4.79 Å². The average molecular weight is 392 g/mol. The standard InChI is InChI=1S/C16H14BrN3O2S/c1-2-20-16(22)12-6-4-3-5-11(12)14(19-20)15(21)18-9-10-7-8-13(17)23-10/h3-8H,2,9H2,1H3,(H,18,21). The summed E-state index contributed by atoms with van der Waals surface area (Å²) in [5.74, 6) is -0.284. The van der Waals surface area contributed by atoms with E-state index < -0.39 is 0 Å². The summed E-state index contributed by atoms with van der Waals surface area (Å²) in [7, 11) is 0. The zero-order valence-corrected chi connectivity index (χ0v) is 14.8. The molecule has 0 unspecified atom stereocenters. The van der Waals surface area contributed by atoms with Crippen LogP contribution in [0.4, 0.5) is 0 Å². The molecule has 0 fully saturated rings. The third-order valence-electron chi connectivity index (χ3n) is 3.43. The summed E-state index contributed by atoms with van der Waals surface area (Å²) in [4.78, 5) is 25.8. The Morgan fingerprint density at radius 3 is 2.65 bits per heavy atom. The fourth-order valence-corrected chi connectivity index (χ4v) is 3.74. The van der Waals surface area contributed by atoms with E-state index in [0.29, 0.717) is 23.9 Å². The third-order valence-corrected chi connectivity index (χ3v) is 5.06. The predicted molar refractivity (Wildman–Crippen MR) is 94.9 cm³/mol. The van der Waals surface area contributed by atoms with Gasteiger partial charge in [-0.1, -0.05) is 18.2 Å². The number of thiophene rings is 1. The van der Waals surface area contributed by atoms with Crippen molar-refractivity contribution in [2.45, 2.75) is 20.0 Å². The number of rotatable bonds is 4. The minimum atomic E-state index is -0.284. The van der Waals surface area contributed by atoms with Crippen LogP contribution in [0.2, 0.25) is 0 Å². The molecule has 0 bridgehead atoms. The molecule has 3 aromatic rings. The molecule has 0 saturated carbocycles. The molecule has 0 aliphatic heterocycles. The van der Waals surface area contributed by atoms with Gasteiger partial charge in [0.15, 0.2) is 5.69 Å². The second-order valence-electron chi connectivity index (χ2n) is 4.90. The molecule has 0 radical (unpaired) electrons. The minimum Gasteiger partial charge on any atom is -0.346 e. The van der Waals surface area contributed by atoms with Crippen LogP contribution in [0, 0.1) is 0 Å². The molecule has 0 saturated heterocycles. The molecule has 5 nitrogen and oxygen atoms in total. The van der Waals surface area contributed by atoms with E-state index in [9.17, 15) is 9.59 Å². The van der Waals surface area contributed by atoms with Gasteiger partial charge in [0.1, 0.15) is 0 Å². The topological polar surface area (TPSA) is 64.0 Å². The molecule has 0 aliphatic rings. The highest BCUT2D eigenvalue weighted by Gasteiger charge is 2.16. The van der Waals surface area contributed by atoms with Crippen molar-refractivity contribution in [3.63, 3.8) is 0 Å². The Labute approximate surface area is 145 Å². The normalized spacial score (nSPS) is 10.9. The van der Waals surface area contributed by atoms with Crippen molar-refractivity contribution in [2.75, 3.05) is 0 Å². The molecular weight excluding hydrogens is 378 g/mol. The van der Waals surface area contributed by atoms with Crippen molar-refractivity contribution in [2.24, 2.45) is 0 Å². The molecule has 1 aromatic carbocycles. The molecule has 7 heteroatoms. The zero-order chi connectivity index (χ0) is 16.4. The van der Waals surface area contributed by atoms with Crippen LogP contribution in [0.3, 0.4) is 0 Å². The van der Waals surface area contributed by atoms with E-state index in [1.54, 1.807) is 35.6 Å². The number of nitrogens with zero attached hydrogens (tertiary/aromatic N) is 2. The molecule has 0 atom stereocenters. The summed E-state index contributed by atoms with van der Waals surface area (Å²) < 4.78 is 2.34. The van der Waals surface area contributed by atoms with Gasteiger partial charge in [-0.2, -0.15) is 5.10 Å². The highest BCUT2D eigenvalue weighted by Crippen LogP contribution is 2.22. The van der Waals surface area contributed by atoms with E-state index in [1.807, 2.05) is 19.1 Å². The van der Waals surface area contributed by atoms with Crippen LogP contribution >= 0.6 is 27.3 Å². The van der Waals surface area contributed by atoms with Crippen molar-refractivity contribution in [3.05, 3.63) is 61.1 Å². The molecule has 2 aromatic heterocycles. The maximum Gasteiger partial charge on any atom is 0.274 e. The number of benzene rings is 1. The Hall–Kier alpha value is -1.99. The van der Waals surface area contributed by atoms with Gasteiger partial charge in [-0.05, 0) is 41.1 Å². The highest BCUT2D eigenvalue weighted by molar-refractivity contribution is 9.11. The first-order valence-corrected chi connectivity index (χ1v) is 8.73. The average Bonchev–Trinajstić information content (AvgIpc) is 2.99. The summed E-state index contributed by atoms with van der Waals surface area (Å²) in [5.41, 5.74) is 0.0968. The lowest BCUT2D eigenvalue weighted by atomic mass is 10.1. The summed E-state index contributed by atoms with van der Waals surface area (Å²) in [5, 5.41) is 8.17. The fraction of sp³-hybridized carbons (Fsp3) is 0.188. The van der Waals surface area contributed by atoms with Gasteiger partial charge in [-0.25, -0.2) is 4.68 Å². The lowest BCUT2D eigenvalue weighted by Gasteiger charge is -2.09. The number of halogens is 1. The Morgan fingerprint density at radius 2 is 2.00 bits per heavy atom. The molecular formula is C16H14BrN3O2S. The van der Waals surface area contributed by atoms with Crippen molar-refractivity contribution in [1.82, 2.24) is 15.1 Å². The number of hydrogen-bond donors (Lipinski definition) is 1. The number of hydrogen-bond acceptors (Lipinski definition) is 4. The number of aryl methyl sites for hydroxylation is 1. The summed E-state index contributed by atoms with van der Waals surface area (Å²) in [6.45, 7) is 2.67. The first-order valence-electron chi connectivity index (χ1n) is 7.12. The van der Waals surface area contributed by atoms with Gasteiger partial charge in [0.05, 0.1) is 15.7 Å². The summed E-state index contributed by atoms with van der Waals surface area (Å²) in [6.07, 6.45) is 0. The minimum absolute atomic E-state index is 0.179. The number of fused-ring (bicyclic) bond motifs is 1. The number of nitrogens with one attached hydrogen (secondary N) is 1. The monoisotopic (exact) mass is 391 g/mol. The van der Waals surface area contributed by atoms with Gasteiger partial charge in [0.2, 0.25) is 0 Å². The van der Waals surface area contributed by atoms with E-state index in [0.717, 1.165) is 8.66 Å². The van der Waals surface area contributed by atoms with Gasteiger partial charge in [-0.3, -0.25) is 9.59 Å². The highest BCUT2D eigenvalue weighted by atomic mass is 79.9. The van der Waals surface area contributed by atoms with Gasteiger partial charge in [0.25, 0.3) is 11.5 Å². The fourth-order valence-electron chi connectivity index (χ4n) is 2.32. The van der Waals surface area contributed by atoms with E-state index in [4.69, 9.17) is 0 Å². The van der Waals surface area contributed by atoms with Crippen LogP contribution < -0.4 is 10.9 Å². The zero-order valence-electron chi connectivity index (χ0n) is 12.4. The summed E-state index contributed by atoms with van der Waals surface area (Å²) in [6, 6.07) is 10.9. The Balaban J connectivity index is 1.96. The first kappa shape index (κ1) is 15.9. The Kier molecular flexibility index (Phi) is 4.58. The Morgan fingerprint density at radius 1 is 1.26 bits per heavy atom. The van der Waals surface area contributed by atoms with E-state index >= 15 is 0 Å². The molecule has 118 valence electrons. The molecule has 0 spiro atoms. The molecule has 3 rings (SSSR count). The first-order chi connectivity index (χ1) is 11.1. The van der Waals surface area contributed by atoms with E-state index in [1.165, 1.54) is 4.68 Å². The van der Waals surface area contributed by atoms with Crippen molar-refractivity contribution >= 4 is 43.9 Å². The van der Waals surface area contributed by atoms with Crippen LogP contribution in [0.25, 0.3) is 10.8 Å². The van der Waals surface area contributed by atoms with Crippen LogP contribution in [0.1, 0.15) is 22.3 Å². The van der Waals surface area contributed by atoms with Gasteiger partial charge in [0, 0.05) is 16.8 Å². The largest absolute Gasteiger partial charge is 0.346 e.